The minimum absolute atomic E-state index is 0.132. The minimum Gasteiger partial charge on any atom is -0.377 e. The summed E-state index contributed by atoms with van der Waals surface area (Å²) in [7, 11) is 0.131. The van der Waals surface area contributed by atoms with Crippen LogP contribution in [0.25, 0.3) is 0 Å². The first-order valence-corrected chi connectivity index (χ1v) is 17.2. The van der Waals surface area contributed by atoms with Crippen LogP contribution in [0.2, 0.25) is 12.1 Å². The van der Waals surface area contributed by atoms with Crippen LogP contribution >= 0.6 is 0 Å². The molecule has 0 aromatic rings. The highest BCUT2D eigenvalue weighted by atomic mass is 28.3. The first-order valence-electron chi connectivity index (χ1n) is 14.0. The molecule has 0 aliphatic carbocycles. The van der Waals surface area contributed by atoms with Gasteiger partial charge in [0.15, 0.2) is 0 Å². The van der Waals surface area contributed by atoms with E-state index in [1.807, 2.05) is 0 Å². The molecular formula is C26H54O2Si2. The molecule has 30 heavy (non-hydrogen) atoms. The first kappa shape index (κ1) is 26.6. The minimum atomic E-state index is -1.02. The fourth-order valence-electron chi connectivity index (χ4n) is 6.21. The van der Waals surface area contributed by atoms with E-state index in [0.29, 0.717) is 0 Å². The van der Waals surface area contributed by atoms with Crippen molar-refractivity contribution in [3.05, 3.63) is 0 Å². The third-order valence-electron chi connectivity index (χ3n) is 8.14. The summed E-state index contributed by atoms with van der Waals surface area (Å²) < 4.78 is 13.6. The molecule has 0 aromatic carbocycles. The Labute approximate surface area is 193 Å². The molecular weight excluding hydrogens is 400 g/mol. The Kier molecular flexibility index (Phi) is 13.5. The molecule has 2 saturated heterocycles. The standard InChI is InChI=1S/C26H54O2Si2/c1-3-5-7-9-11-17-23-30(24-18-12-10-8-6-4-2)26(20-14-16-22-28-26)25(29)19-13-15-21-27-25/h30H,3-24H2,1-2,29H3. The van der Waals surface area contributed by atoms with Gasteiger partial charge >= 0.3 is 0 Å². The maximum Gasteiger partial charge on any atom is 0.0796 e. The number of ether oxygens (including phenoxy) is 2. The summed E-state index contributed by atoms with van der Waals surface area (Å²) in [5.74, 6) is 0. The summed E-state index contributed by atoms with van der Waals surface area (Å²) in [6.45, 7) is 6.64. The predicted molar refractivity (Wildman–Crippen MR) is 139 cm³/mol. The smallest absolute Gasteiger partial charge is 0.0796 e. The van der Waals surface area contributed by atoms with Crippen molar-refractivity contribution in [2.24, 2.45) is 0 Å². The molecule has 0 radical (unpaired) electrons. The Bertz CT molecular complexity index is 401. The molecule has 0 amide bonds. The molecule has 0 saturated carbocycles. The van der Waals surface area contributed by atoms with Crippen LogP contribution in [0.5, 0.6) is 0 Å². The largest absolute Gasteiger partial charge is 0.377 e. The average Bonchev–Trinajstić information content (AvgIpc) is 2.78. The molecule has 178 valence electrons. The van der Waals surface area contributed by atoms with Crippen LogP contribution in [0, 0.1) is 0 Å². The Morgan fingerprint density at radius 1 is 0.633 bits per heavy atom. The van der Waals surface area contributed by atoms with Crippen molar-refractivity contribution in [3.63, 3.8) is 0 Å². The predicted octanol–water partition coefficient (Wildman–Crippen LogP) is 6.68. The van der Waals surface area contributed by atoms with Crippen molar-refractivity contribution in [1.29, 1.82) is 0 Å². The van der Waals surface area contributed by atoms with Gasteiger partial charge < -0.3 is 9.47 Å². The van der Waals surface area contributed by atoms with Crippen LogP contribution in [0.3, 0.4) is 0 Å². The Balaban J connectivity index is 2.01. The second-order valence-electron chi connectivity index (χ2n) is 10.5. The van der Waals surface area contributed by atoms with Crippen molar-refractivity contribution in [3.8, 4) is 0 Å². The highest BCUT2D eigenvalue weighted by Gasteiger charge is 2.55. The van der Waals surface area contributed by atoms with Gasteiger partial charge in [0.2, 0.25) is 0 Å². The Morgan fingerprint density at radius 3 is 1.60 bits per heavy atom. The van der Waals surface area contributed by atoms with Gasteiger partial charge in [-0.3, -0.25) is 0 Å². The van der Waals surface area contributed by atoms with Crippen molar-refractivity contribution < 1.29 is 9.47 Å². The number of hydrogen-bond donors (Lipinski definition) is 0. The van der Waals surface area contributed by atoms with Crippen molar-refractivity contribution in [2.75, 3.05) is 13.2 Å². The zero-order valence-corrected chi connectivity index (χ0v) is 24.1. The second kappa shape index (κ2) is 15.2. The van der Waals surface area contributed by atoms with E-state index in [1.54, 1.807) is 0 Å². The molecule has 0 aromatic heterocycles. The van der Waals surface area contributed by atoms with Crippen LogP contribution in [0.4, 0.5) is 0 Å². The van der Waals surface area contributed by atoms with Gasteiger partial charge in [-0.25, -0.2) is 0 Å². The van der Waals surface area contributed by atoms with E-state index in [9.17, 15) is 0 Å². The quantitative estimate of drug-likeness (QED) is 0.191. The molecule has 4 heteroatoms. The molecule has 0 bridgehead atoms. The topological polar surface area (TPSA) is 18.5 Å². The number of rotatable bonds is 16. The van der Waals surface area contributed by atoms with E-state index in [-0.39, 0.29) is 10.4 Å². The Morgan fingerprint density at radius 2 is 1.13 bits per heavy atom. The molecule has 2 fully saturated rings. The fraction of sp³-hybridized carbons (Fsp3) is 1.00. The summed E-state index contributed by atoms with van der Waals surface area (Å²) in [4.78, 5) is 0. The monoisotopic (exact) mass is 454 g/mol. The lowest BCUT2D eigenvalue weighted by atomic mass is 9.96. The van der Waals surface area contributed by atoms with Gasteiger partial charge in [-0.15, -0.1) is 0 Å². The lowest BCUT2D eigenvalue weighted by Gasteiger charge is -2.55. The summed E-state index contributed by atoms with van der Waals surface area (Å²) in [6, 6.07) is 3.02. The van der Waals surface area contributed by atoms with Crippen molar-refractivity contribution in [2.45, 2.75) is 152 Å². The molecule has 2 heterocycles. The summed E-state index contributed by atoms with van der Waals surface area (Å²) in [5.41, 5.74) is 0. The van der Waals surface area contributed by atoms with E-state index in [0.717, 1.165) is 23.5 Å². The van der Waals surface area contributed by atoms with Crippen LogP contribution in [0.15, 0.2) is 0 Å². The van der Waals surface area contributed by atoms with Crippen LogP contribution in [0.1, 0.15) is 129 Å². The van der Waals surface area contributed by atoms with Crippen molar-refractivity contribution in [1.82, 2.24) is 0 Å². The lowest BCUT2D eigenvalue weighted by molar-refractivity contribution is -0.161. The molecule has 2 nitrogen and oxygen atoms in total. The van der Waals surface area contributed by atoms with Gasteiger partial charge in [0.05, 0.1) is 19.2 Å². The molecule has 0 N–H and O–H groups in total. The molecule has 0 spiro atoms. The maximum absolute atomic E-state index is 6.93. The second-order valence-corrected chi connectivity index (χ2v) is 15.6. The molecule has 2 aliphatic rings. The molecule has 2 rings (SSSR count). The highest BCUT2D eigenvalue weighted by molar-refractivity contribution is 6.63. The molecule has 2 aliphatic heterocycles. The zero-order chi connectivity index (χ0) is 21.5. The molecule has 2 atom stereocenters. The Hall–Kier alpha value is 0.354. The van der Waals surface area contributed by atoms with Gasteiger partial charge in [0.25, 0.3) is 0 Å². The summed E-state index contributed by atoms with van der Waals surface area (Å²) in [6.07, 6.45) is 25.0. The van der Waals surface area contributed by atoms with Crippen LogP contribution in [-0.2, 0) is 9.47 Å². The van der Waals surface area contributed by atoms with Crippen LogP contribution < -0.4 is 0 Å². The normalized spacial score (nSPS) is 27.7. The lowest BCUT2D eigenvalue weighted by Crippen LogP contribution is -2.68. The van der Waals surface area contributed by atoms with E-state index in [2.05, 4.69) is 13.8 Å². The zero-order valence-electron chi connectivity index (χ0n) is 21.0. The van der Waals surface area contributed by atoms with Crippen LogP contribution in [-0.4, -0.2) is 42.7 Å². The maximum atomic E-state index is 6.93. The SMILES string of the molecule is CCCCCCCC[SiH](CCCCCCCC)C1(C2([SiH3])CCCCO2)CCCCO1. The summed E-state index contributed by atoms with van der Waals surface area (Å²) in [5, 5.41) is 0.303. The molecule has 2 unspecified atom stereocenters. The number of hydrogen-bond acceptors (Lipinski definition) is 2. The van der Waals surface area contributed by atoms with E-state index >= 15 is 0 Å². The van der Waals surface area contributed by atoms with E-state index < -0.39 is 8.80 Å². The number of unbranched alkanes of at least 4 members (excludes halogenated alkanes) is 10. The van der Waals surface area contributed by atoms with Gasteiger partial charge in [0.1, 0.15) is 0 Å². The highest BCUT2D eigenvalue weighted by Crippen LogP contribution is 2.45. The summed E-state index contributed by atoms with van der Waals surface area (Å²) >= 11 is 0. The van der Waals surface area contributed by atoms with Gasteiger partial charge in [-0.1, -0.05) is 103 Å². The van der Waals surface area contributed by atoms with Gasteiger partial charge in [-0.05, 0) is 38.5 Å². The third-order valence-corrected chi connectivity index (χ3v) is 14.9. The van der Waals surface area contributed by atoms with E-state index in [1.165, 1.54) is 128 Å². The average molecular weight is 455 g/mol. The first-order chi connectivity index (χ1) is 14.7. The van der Waals surface area contributed by atoms with Crippen molar-refractivity contribution >= 4 is 19.0 Å². The van der Waals surface area contributed by atoms with Gasteiger partial charge in [-0.2, -0.15) is 0 Å². The van der Waals surface area contributed by atoms with E-state index in [4.69, 9.17) is 9.47 Å². The third kappa shape index (κ3) is 8.04. The fourth-order valence-corrected chi connectivity index (χ4v) is 13.2. The van der Waals surface area contributed by atoms with Gasteiger partial charge in [0, 0.05) is 23.5 Å².